The monoisotopic (exact) mass is 262 g/mol. The van der Waals surface area contributed by atoms with Gasteiger partial charge in [-0.05, 0) is 50.3 Å². The number of hydrogen-bond acceptors (Lipinski definition) is 2. The Bertz CT molecular complexity index is 446. The normalized spacial score (nSPS) is 17.8. The highest BCUT2D eigenvalue weighted by molar-refractivity contribution is 5.08. The molecule has 1 N–H and O–H groups in total. The highest BCUT2D eigenvalue weighted by Crippen LogP contribution is 2.28. The van der Waals surface area contributed by atoms with Crippen LogP contribution in [-0.4, -0.2) is 17.2 Å². The summed E-state index contributed by atoms with van der Waals surface area (Å²) in [5.41, 5.74) is 1.17. The Morgan fingerprint density at radius 1 is 1.42 bits per heavy atom. The number of pyridine rings is 1. The Kier molecular flexibility index (Phi) is 5.20. The van der Waals surface area contributed by atoms with E-state index < -0.39 is 0 Å². The average molecular weight is 262 g/mol. The van der Waals surface area contributed by atoms with Crippen molar-refractivity contribution in [3.8, 4) is 0 Å². The van der Waals surface area contributed by atoms with Gasteiger partial charge in [-0.15, -0.1) is 0 Å². The topological polar surface area (TPSA) is 34.0 Å². The zero-order valence-electron chi connectivity index (χ0n) is 12.2. The van der Waals surface area contributed by atoms with Gasteiger partial charge >= 0.3 is 0 Å². The van der Waals surface area contributed by atoms with Crippen molar-refractivity contribution >= 4 is 0 Å². The number of nitrogens with one attached hydrogen (secondary N) is 1. The van der Waals surface area contributed by atoms with Gasteiger partial charge in [-0.1, -0.05) is 19.8 Å². The molecule has 0 spiro atoms. The number of nitrogens with zero attached hydrogens (tertiary/aromatic N) is 1. The molecule has 1 fully saturated rings. The first kappa shape index (κ1) is 14.3. The molecule has 3 heteroatoms. The van der Waals surface area contributed by atoms with E-state index in [1.807, 2.05) is 23.8 Å². The summed E-state index contributed by atoms with van der Waals surface area (Å²) >= 11 is 0. The van der Waals surface area contributed by atoms with Crippen LogP contribution in [0.25, 0.3) is 0 Å². The third kappa shape index (κ3) is 3.93. The van der Waals surface area contributed by atoms with E-state index in [1.54, 1.807) is 6.07 Å². The van der Waals surface area contributed by atoms with E-state index in [9.17, 15) is 4.79 Å². The van der Waals surface area contributed by atoms with Crippen molar-refractivity contribution in [2.75, 3.05) is 6.54 Å². The second-order valence-electron chi connectivity index (χ2n) is 5.80. The molecule has 0 bridgehead atoms. The van der Waals surface area contributed by atoms with Gasteiger partial charge in [-0.25, -0.2) is 0 Å². The minimum Gasteiger partial charge on any atom is -0.314 e. The van der Waals surface area contributed by atoms with E-state index in [-0.39, 0.29) is 5.56 Å². The van der Waals surface area contributed by atoms with Gasteiger partial charge in [0.25, 0.3) is 5.56 Å². The first-order valence-electron chi connectivity index (χ1n) is 7.61. The number of aromatic nitrogens is 1. The summed E-state index contributed by atoms with van der Waals surface area (Å²) in [6.45, 7) is 6.01. The van der Waals surface area contributed by atoms with Crippen LogP contribution in [0.15, 0.2) is 23.1 Å². The molecule has 2 rings (SSSR count). The largest absolute Gasteiger partial charge is 0.314 e. The van der Waals surface area contributed by atoms with Crippen molar-refractivity contribution in [2.45, 2.75) is 58.5 Å². The molecule has 0 amide bonds. The summed E-state index contributed by atoms with van der Waals surface area (Å²) < 4.78 is 1.86. The SMILES string of the molecule is CCCNC(Cn1ccc(C)cc1=O)C1CCCC1. The van der Waals surface area contributed by atoms with Crippen LogP contribution in [0.2, 0.25) is 0 Å². The van der Waals surface area contributed by atoms with Gasteiger partial charge in [0.2, 0.25) is 0 Å². The summed E-state index contributed by atoms with van der Waals surface area (Å²) in [5.74, 6) is 0.736. The highest BCUT2D eigenvalue weighted by atomic mass is 16.1. The fourth-order valence-corrected chi connectivity index (χ4v) is 3.04. The van der Waals surface area contributed by atoms with Gasteiger partial charge in [-0.3, -0.25) is 4.79 Å². The van der Waals surface area contributed by atoms with E-state index >= 15 is 0 Å². The molecular formula is C16H26N2O. The smallest absolute Gasteiger partial charge is 0.250 e. The Balaban J connectivity index is 2.07. The third-order valence-electron chi connectivity index (χ3n) is 4.17. The van der Waals surface area contributed by atoms with Gasteiger partial charge < -0.3 is 9.88 Å². The maximum Gasteiger partial charge on any atom is 0.250 e. The van der Waals surface area contributed by atoms with Gasteiger partial charge in [0.1, 0.15) is 0 Å². The quantitative estimate of drug-likeness (QED) is 0.855. The van der Waals surface area contributed by atoms with Crippen LogP contribution in [0.5, 0.6) is 0 Å². The molecule has 0 aromatic carbocycles. The van der Waals surface area contributed by atoms with Crippen LogP contribution in [0, 0.1) is 12.8 Å². The molecule has 0 aliphatic heterocycles. The van der Waals surface area contributed by atoms with Crippen LogP contribution in [0.4, 0.5) is 0 Å². The van der Waals surface area contributed by atoms with E-state index in [0.29, 0.717) is 6.04 Å². The molecule has 0 saturated heterocycles. The molecule has 0 radical (unpaired) electrons. The second kappa shape index (κ2) is 6.90. The lowest BCUT2D eigenvalue weighted by Gasteiger charge is -2.25. The van der Waals surface area contributed by atoms with Crippen molar-refractivity contribution < 1.29 is 0 Å². The van der Waals surface area contributed by atoms with Crippen molar-refractivity contribution in [1.82, 2.24) is 9.88 Å². The van der Waals surface area contributed by atoms with Crippen LogP contribution < -0.4 is 10.9 Å². The van der Waals surface area contributed by atoms with E-state index in [1.165, 1.54) is 25.7 Å². The zero-order valence-corrected chi connectivity index (χ0v) is 12.2. The van der Waals surface area contributed by atoms with Crippen molar-refractivity contribution in [3.05, 3.63) is 34.2 Å². The minimum atomic E-state index is 0.126. The first-order chi connectivity index (χ1) is 9.20. The predicted octanol–water partition coefficient (Wildman–Crippen LogP) is 2.72. The van der Waals surface area contributed by atoms with Crippen molar-refractivity contribution in [2.24, 2.45) is 5.92 Å². The fraction of sp³-hybridized carbons (Fsp3) is 0.688. The fourth-order valence-electron chi connectivity index (χ4n) is 3.04. The number of hydrogen-bond donors (Lipinski definition) is 1. The maximum absolute atomic E-state index is 12.0. The molecule has 1 aromatic rings. The van der Waals surface area contributed by atoms with E-state index in [4.69, 9.17) is 0 Å². The van der Waals surface area contributed by atoms with E-state index in [2.05, 4.69) is 12.2 Å². The van der Waals surface area contributed by atoms with E-state index in [0.717, 1.165) is 31.0 Å². The predicted molar refractivity (Wildman–Crippen MR) is 79.5 cm³/mol. The summed E-state index contributed by atoms with van der Waals surface area (Å²) in [7, 11) is 0. The van der Waals surface area contributed by atoms with Crippen LogP contribution in [-0.2, 0) is 6.54 Å². The molecule has 1 atom stereocenters. The lowest BCUT2D eigenvalue weighted by Crippen LogP contribution is -2.41. The van der Waals surface area contributed by atoms with Gasteiger partial charge in [0.15, 0.2) is 0 Å². The molecule has 1 unspecified atom stereocenters. The van der Waals surface area contributed by atoms with Gasteiger partial charge in [-0.2, -0.15) is 0 Å². The lowest BCUT2D eigenvalue weighted by atomic mass is 9.97. The number of rotatable bonds is 6. The van der Waals surface area contributed by atoms with Crippen molar-refractivity contribution in [1.29, 1.82) is 0 Å². The Morgan fingerprint density at radius 3 is 2.79 bits per heavy atom. The maximum atomic E-state index is 12.0. The molecule has 1 aromatic heterocycles. The molecule has 1 aliphatic rings. The zero-order chi connectivity index (χ0) is 13.7. The Morgan fingerprint density at radius 2 is 2.16 bits per heavy atom. The van der Waals surface area contributed by atoms with Gasteiger partial charge in [0.05, 0.1) is 0 Å². The van der Waals surface area contributed by atoms with Crippen LogP contribution >= 0.6 is 0 Å². The Labute approximate surface area is 116 Å². The molecule has 19 heavy (non-hydrogen) atoms. The third-order valence-corrected chi connectivity index (χ3v) is 4.17. The summed E-state index contributed by atoms with van der Waals surface area (Å²) in [6.07, 6.45) is 8.39. The second-order valence-corrected chi connectivity index (χ2v) is 5.80. The number of aryl methyl sites for hydroxylation is 1. The molecular weight excluding hydrogens is 236 g/mol. The minimum absolute atomic E-state index is 0.126. The first-order valence-corrected chi connectivity index (χ1v) is 7.61. The van der Waals surface area contributed by atoms with Crippen LogP contribution in [0.3, 0.4) is 0 Å². The molecule has 3 nitrogen and oxygen atoms in total. The summed E-state index contributed by atoms with van der Waals surface area (Å²) in [4.78, 5) is 12.0. The van der Waals surface area contributed by atoms with Crippen LogP contribution in [0.1, 0.15) is 44.6 Å². The molecule has 1 aliphatic carbocycles. The van der Waals surface area contributed by atoms with Crippen molar-refractivity contribution in [3.63, 3.8) is 0 Å². The molecule has 106 valence electrons. The molecule has 1 heterocycles. The summed E-state index contributed by atoms with van der Waals surface area (Å²) in [6, 6.07) is 4.20. The average Bonchev–Trinajstić information content (AvgIpc) is 2.90. The highest BCUT2D eigenvalue weighted by Gasteiger charge is 2.24. The summed E-state index contributed by atoms with van der Waals surface area (Å²) in [5, 5.41) is 3.64. The molecule has 1 saturated carbocycles. The standard InChI is InChI=1S/C16H26N2O/c1-3-9-17-15(14-6-4-5-7-14)12-18-10-8-13(2)11-16(18)19/h8,10-11,14-15,17H,3-7,9,12H2,1-2H3. The van der Waals surface area contributed by atoms with Gasteiger partial charge in [0, 0.05) is 24.8 Å². The lowest BCUT2D eigenvalue weighted by molar-refractivity contribution is 0.319. The Hall–Kier alpha value is -1.09.